The van der Waals surface area contributed by atoms with Crippen LogP contribution in [0.5, 0.6) is 5.88 Å². The number of carbonyl (C=O) groups is 1. The molecule has 1 aromatic carbocycles. The average molecular weight is 541 g/mol. The summed E-state index contributed by atoms with van der Waals surface area (Å²) in [6, 6.07) is 11.8. The zero-order valence-electron chi connectivity index (χ0n) is 21.0. The van der Waals surface area contributed by atoms with Crippen molar-refractivity contribution in [3.8, 4) is 11.9 Å². The van der Waals surface area contributed by atoms with Crippen LogP contribution < -0.4 is 15.6 Å². The van der Waals surface area contributed by atoms with Gasteiger partial charge < -0.3 is 24.8 Å². The SMILES string of the molecule is Cn1c(=O)c(C(=O)NCc2ccc(C#N)cc2)cc2ccnc(OCC3(S(=O)(=O)C(C)(CO)CO)CC3)c21. The van der Waals surface area contributed by atoms with E-state index in [-0.39, 0.29) is 24.6 Å². The van der Waals surface area contributed by atoms with Gasteiger partial charge in [0, 0.05) is 25.2 Å². The molecule has 11 nitrogen and oxygen atoms in total. The Hall–Kier alpha value is -3.79. The van der Waals surface area contributed by atoms with Gasteiger partial charge in [0.2, 0.25) is 5.88 Å². The van der Waals surface area contributed by atoms with E-state index >= 15 is 0 Å². The van der Waals surface area contributed by atoms with E-state index in [0.29, 0.717) is 29.3 Å². The number of pyridine rings is 2. The van der Waals surface area contributed by atoms with Crippen LogP contribution in [0.2, 0.25) is 0 Å². The van der Waals surface area contributed by atoms with E-state index in [0.717, 1.165) is 5.56 Å². The Morgan fingerprint density at radius 2 is 1.89 bits per heavy atom. The van der Waals surface area contributed by atoms with Crippen molar-refractivity contribution in [2.24, 2.45) is 7.05 Å². The molecular weight excluding hydrogens is 512 g/mol. The number of fused-ring (bicyclic) bond motifs is 1. The minimum atomic E-state index is -3.97. The molecule has 1 amide bonds. The molecule has 1 aliphatic carbocycles. The van der Waals surface area contributed by atoms with E-state index in [4.69, 9.17) is 10.00 Å². The van der Waals surface area contributed by atoms with E-state index in [9.17, 15) is 28.2 Å². The maximum atomic E-state index is 13.2. The number of aromatic nitrogens is 2. The van der Waals surface area contributed by atoms with Crippen molar-refractivity contribution in [3.05, 3.63) is 69.6 Å². The average Bonchev–Trinajstić information content (AvgIpc) is 3.73. The number of aryl methyl sites for hydroxylation is 1. The third-order valence-electron chi connectivity index (χ3n) is 7.04. The van der Waals surface area contributed by atoms with Crippen molar-refractivity contribution in [1.82, 2.24) is 14.9 Å². The molecule has 3 aromatic rings. The Morgan fingerprint density at radius 1 is 1.24 bits per heavy atom. The zero-order chi connectivity index (χ0) is 27.7. The van der Waals surface area contributed by atoms with Crippen LogP contribution in [0.25, 0.3) is 10.9 Å². The minimum Gasteiger partial charge on any atom is -0.474 e. The second-order valence-electron chi connectivity index (χ2n) is 9.71. The predicted molar refractivity (Wildman–Crippen MR) is 138 cm³/mol. The smallest absolute Gasteiger partial charge is 0.263 e. The van der Waals surface area contributed by atoms with Gasteiger partial charge in [-0.2, -0.15) is 5.26 Å². The lowest BCUT2D eigenvalue weighted by Gasteiger charge is -2.30. The van der Waals surface area contributed by atoms with Crippen LogP contribution in [0, 0.1) is 11.3 Å². The van der Waals surface area contributed by atoms with Gasteiger partial charge in [-0.1, -0.05) is 12.1 Å². The van der Waals surface area contributed by atoms with Gasteiger partial charge in [0.25, 0.3) is 11.5 Å². The number of ether oxygens (including phenoxy) is 1. The van der Waals surface area contributed by atoms with E-state index in [1.54, 1.807) is 30.3 Å². The zero-order valence-corrected chi connectivity index (χ0v) is 21.8. The molecule has 4 rings (SSSR count). The summed E-state index contributed by atoms with van der Waals surface area (Å²) < 4.78 is 30.5. The fourth-order valence-corrected chi connectivity index (χ4v) is 6.46. The largest absolute Gasteiger partial charge is 0.474 e. The molecule has 3 N–H and O–H groups in total. The van der Waals surface area contributed by atoms with Crippen molar-refractivity contribution < 1.29 is 28.2 Å². The first-order chi connectivity index (χ1) is 18.0. The maximum absolute atomic E-state index is 13.2. The second kappa shape index (κ2) is 10.2. The molecule has 38 heavy (non-hydrogen) atoms. The minimum absolute atomic E-state index is 0.0304. The summed E-state index contributed by atoms with van der Waals surface area (Å²) >= 11 is 0. The molecule has 12 heteroatoms. The molecule has 1 saturated carbocycles. The van der Waals surface area contributed by atoms with Crippen LogP contribution in [-0.4, -0.2) is 63.4 Å². The molecule has 0 aliphatic heterocycles. The Bertz CT molecular complexity index is 1580. The predicted octanol–water partition coefficient (Wildman–Crippen LogP) is 0.805. The Balaban J connectivity index is 1.58. The number of benzene rings is 1. The summed E-state index contributed by atoms with van der Waals surface area (Å²) in [7, 11) is -2.51. The molecule has 2 aromatic heterocycles. The normalized spacial score (nSPS) is 14.6. The number of nitrogens with zero attached hydrogens (tertiary/aromatic N) is 3. The van der Waals surface area contributed by atoms with Gasteiger partial charge in [-0.25, -0.2) is 13.4 Å². The summed E-state index contributed by atoms with van der Waals surface area (Å²) in [5.41, 5.74) is 0.873. The molecule has 0 spiro atoms. The first-order valence-electron chi connectivity index (χ1n) is 11.9. The topological polar surface area (TPSA) is 172 Å². The highest BCUT2D eigenvalue weighted by molar-refractivity contribution is 7.94. The first-order valence-corrected chi connectivity index (χ1v) is 13.4. The van der Waals surface area contributed by atoms with Crippen LogP contribution in [0.3, 0.4) is 0 Å². The quantitative estimate of drug-likeness (QED) is 0.336. The van der Waals surface area contributed by atoms with Crippen molar-refractivity contribution >= 4 is 26.6 Å². The van der Waals surface area contributed by atoms with Gasteiger partial charge in [0.15, 0.2) is 9.84 Å². The van der Waals surface area contributed by atoms with Crippen LogP contribution in [-0.2, 0) is 23.4 Å². The highest BCUT2D eigenvalue weighted by Gasteiger charge is 2.61. The summed E-state index contributed by atoms with van der Waals surface area (Å²) in [5.74, 6) is -0.547. The number of hydrogen-bond donors (Lipinski definition) is 3. The van der Waals surface area contributed by atoms with Crippen molar-refractivity contribution in [3.63, 3.8) is 0 Å². The van der Waals surface area contributed by atoms with Crippen LogP contribution in [0.1, 0.15) is 41.3 Å². The molecule has 1 fully saturated rings. The number of hydrogen-bond acceptors (Lipinski definition) is 9. The van der Waals surface area contributed by atoms with Crippen molar-refractivity contribution in [2.75, 3.05) is 19.8 Å². The first kappa shape index (κ1) is 27.3. The molecule has 2 heterocycles. The molecule has 0 bridgehead atoms. The van der Waals surface area contributed by atoms with Crippen molar-refractivity contribution in [2.45, 2.75) is 35.8 Å². The lowest BCUT2D eigenvalue weighted by atomic mass is 10.1. The third kappa shape index (κ3) is 4.64. The number of rotatable bonds is 10. The Kier molecular flexibility index (Phi) is 7.29. The summed E-state index contributed by atoms with van der Waals surface area (Å²) in [4.78, 5) is 30.1. The number of nitriles is 1. The Morgan fingerprint density at radius 3 is 2.47 bits per heavy atom. The van der Waals surface area contributed by atoms with E-state index in [2.05, 4.69) is 10.3 Å². The second-order valence-corrected chi connectivity index (χ2v) is 12.6. The lowest BCUT2D eigenvalue weighted by molar-refractivity contribution is 0.0949. The van der Waals surface area contributed by atoms with Crippen LogP contribution >= 0.6 is 0 Å². The number of aliphatic hydroxyl groups excluding tert-OH is 2. The fraction of sp³-hybridized carbons (Fsp3) is 0.385. The van der Waals surface area contributed by atoms with Crippen molar-refractivity contribution in [1.29, 1.82) is 5.26 Å². The standard InChI is InChI=1S/C26H28N4O7S/c1-25(14-31,15-32)38(35,36)26(8-9-26)16-37-23-21-19(7-10-28-23)11-20(24(34)30(21)2)22(33)29-13-18-5-3-17(12-27)4-6-18/h3-7,10-11,31-32H,8-9,13-16H2,1-2H3,(H,29,33). The molecule has 1 aliphatic rings. The number of nitrogens with one attached hydrogen (secondary N) is 1. The van der Waals surface area contributed by atoms with E-state index < -0.39 is 44.0 Å². The number of aliphatic hydroxyl groups is 2. The molecule has 0 saturated heterocycles. The van der Waals surface area contributed by atoms with E-state index in [1.807, 2.05) is 6.07 Å². The van der Waals surface area contributed by atoms with Crippen LogP contribution in [0.4, 0.5) is 0 Å². The highest BCUT2D eigenvalue weighted by atomic mass is 32.2. The Labute approximate surface area is 219 Å². The van der Waals surface area contributed by atoms with Gasteiger partial charge in [-0.15, -0.1) is 0 Å². The monoisotopic (exact) mass is 540 g/mol. The summed E-state index contributed by atoms with van der Waals surface area (Å²) in [5, 5.41) is 31.4. The van der Waals surface area contributed by atoms with Gasteiger partial charge >= 0.3 is 0 Å². The number of carbonyl (C=O) groups excluding carboxylic acids is 1. The third-order valence-corrected chi connectivity index (χ3v) is 10.3. The molecular formula is C26H28N4O7S. The number of amides is 1. The summed E-state index contributed by atoms with van der Waals surface area (Å²) in [6.45, 7) is -0.281. The molecule has 0 radical (unpaired) electrons. The van der Waals surface area contributed by atoms with Gasteiger partial charge in [0.05, 0.1) is 24.8 Å². The molecule has 0 atom stereocenters. The highest BCUT2D eigenvalue weighted by Crippen LogP contribution is 2.48. The summed E-state index contributed by atoms with van der Waals surface area (Å²) in [6.07, 6.45) is 2.04. The fourth-order valence-electron chi connectivity index (χ4n) is 4.22. The maximum Gasteiger partial charge on any atom is 0.263 e. The van der Waals surface area contributed by atoms with Gasteiger partial charge in [0.1, 0.15) is 27.2 Å². The number of sulfone groups is 1. The van der Waals surface area contributed by atoms with Gasteiger partial charge in [-0.3, -0.25) is 9.59 Å². The molecule has 0 unspecified atom stereocenters. The van der Waals surface area contributed by atoms with Crippen LogP contribution in [0.15, 0.2) is 47.4 Å². The van der Waals surface area contributed by atoms with E-state index in [1.165, 1.54) is 30.8 Å². The lowest BCUT2D eigenvalue weighted by Crippen LogP contribution is -2.50. The molecule has 200 valence electrons. The van der Waals surface area contributed by atoms with Gasteiger partial charge in [-0.05, 0) is 49.6 Å².